The number of pyridine rings is 1. The summed E-state index contributed by atoms with van der Waals surface area (Å²) in [6, 6.07) is 7.98. The van der Waals surface area contributed by atoms with Gasteiger partial charge in [0.2, 0.25) is 5.95 Å². The van der Waals surface area contributed by atoms with Gasteiger partial charge < -0.3 is 10.2 Å². The fourth-order valence-electron chi connectivity index (χ4n) is 3.21. The second-order valence-electron chi connectivity index (χ2n) is 6.64. The molecule has 1 aliphatic rings. The van der Waals surface area contributed by atoms with E-state index >= 15 is 0 Å². The van der Waals surface area contributed by atoms with Crippen molar-refractivity contribution >= 4 is 11.8 Å². The number of likely N-dealkylation sites (tertiary alicyclic amines) is 1. The Hall–Kier alpha value is -2.01. The molecular weight excluding hydrogens is 286 g/mol. The van der Waals surface area contributed by atoms with Gasteiger partial charge in [0, 0.05) is 37.1 Å². The fourth-order valence-corrected chi connectivity index (χ4v) is 3.21. The van der Waals surface area contributed by atoms with Gasteiger partial charge in [-0.05, 0) is 43.5 Å². The molecule has 0 aromatic carbocycles. The van der Waals surface area contributed by atoms with Crippen molar-refractivity contribution in [1.29, 1.82) is 0 Å². The number of nitrogens with one attached hydrogen (secondary N) is 1. The van der Waals surface area contributed by atoms with Crippen molar-refractivity contribution in [3.63, 3.8) is 0 Å². The predicted octanol–water partition coefficient (Wildman–Crippen LogP) is 3.45. The Morgan fingerprint density at radius 1 is 1.22 bits per heavy atom. The molecular formula is C18H25N5. The minimum Gasteiger partial charge on any atom is -0.309 e. The Morgan fingerprint density at radius 2 is 2.04 bits per heavy atom. The number of anilines is 2. The van der Waals surface area contributed by atoms with E-state index in [1.54, 1.807) is 18.5 Å². The van der Waals surface area contributed by atoms with Gasteiger partial charge in [0.1, 0.15) is 5.82 Å². The molecule has 0 spiro atoms. The summed E-state index contributed by atoms with van der Waals surface area (Å²) in [5, 5.41) is 3.18. The van der Waals surface area contributed by atoms with Gasteiger partial charge in [-0.1, -0.05) is 19.9 Å². The maximum Gasteiger partial charge on any atom is 0.228 e. The molecule has 1 unspecified atom stereocenters. The van der Waals surface area contributed by atoms with Crippen molar-refractivity contribution in [3.8, 4) is 0 Å². The van der Waals surface area contributed by atoms with E-state index < -0.39 is 0 Å². The summed E-state index contributed by atoms with van der Waals surface area (Å²) in [7, 11) is 0. The number of nitrogens with zero attached hydrogens (tertiary/aromatic N) is 4. The van der Waals surface area contributed by atoms with Gasteiger partial charge in [-0.2, -0.15) is 0 Å². The second kappa shape index (κ2) is 7.51. The summed E-state index contributed by atoms with van der Waals surface area (Å²) in [5.41, 5.74) is 1.17. The van der Waals surface area contributed by atoms with Crippen LogP contribution in [0.3, 0.4) is 0 Å². The van der Waals surface area contributed by atoms with Gasteiger partial charge >= 0.3 is 0 Å². The monoisotopic (exact) mass is 311 g/mol. The van der Waals surface area contributed by atoms with E-state index in [-0.39, 0.29) is 0 Å². The number of hydrogen-bond donors (Lipinski definition) is 1. The van der Waals surface area contributed by atoms with Crippen LogP contribution < -0.4 is 5.32 Å². The Balaban J connectivity index is 1.69. The highest BCUT2D eigenvalue weighted by Crippen LogP contribution is 2.27. The van der Waals surface area contributed by atoms with Crippen LogP contribution in [0.2, 0.25) is 0 Å². The summed E-state index contributed by atoms with van der Waals surface area (Å²) in [6.07, 6.45) is 5.92. The summed E-state index contributed by atoms with van der Waals surface area (Å²) in [6.45, 7) is 8.06. The average Bonchev–Trinajstić information content (AvgIpc) is 2.56. The molecule has 3 heterocycles. The van der Waals surface area contributed by atoms with Crippen LogP contribution in [-0.2, 0) is 0 Å². The van der Waals surface area contributed by atoms with E-state index in [4.69, 9.17) is 4.98 Å². The lowest BCUT2D eigenvalue weighted by molar-refractivity contribution is 0.186. The number of hydrogen-bond acceptors (Lipinski definition) is 5. The Morgan fingerprint density at radius 3 is 2.83 bits per heavy atom. The molecule has 0 aliphatic carbocycles. The van der Waals surface area contributed by atoms with Crippen LogP contribution in [-0.4, -0.2) is 39.5 Å². The quantitative estimate of drug-likeness (QED) is 0.916. The van der Waals surface area contributed by atoms with Gasteiger partial charge in [-0.3, -0.25) is 0 Å². The van der Waals surface area contributed by atoms with Crippen molar-refractivity contribution in [2.24, 2.45) is 5.92 Å². The summed E-state index contributed by atoms with van der Waals surface area (Å²) in [5.74, 6) is 2.63. The lowest BCUT2D eigenvalue weighted by atomic mass is 9.93. The van der Waals surface area contributed by atoms with Gasteiger partial charge in [-0.25, -0.2) is 15.0 Å². The molecule has 0 bridgehead atoms. The molecule has 1 atom stereocenters. The number of aromatic nitrogens is 3. The minimum absolute atomic E-state index is 0.515. The number of piperidine rings is 1. The van der Waals surface area contributed by atoms with Gasteiger partial charge in [-0.15, -0.1) is 0 Å². The van der Waals surface area contributed by atoms with Gasteiger partial charge in [0.25, 0.3) is 0 Å². The van der Waals surface area contributed by atoms with E-state index in [9.17, 15) is 0 Å². The molecule has 2 aromatic rings. The first kappa shape index (κ1) is 15.9. The highest BCUT2D eigenvalue weighted by atomic mass is 15.1. The molecule has 122 valence electrons. The fraction of sp³-hybridized carbons (Fsp3) is 0.500. The van der Waals surface area contributed by atoms with E-state index in [1.165, 1.54) is 31.6 Å². The van der Waals surface area contributed by atoms with E-state index in [1.807, 2.05) is 6.07 Å². The van der Waals surface area contributed by atoms with E-state index in [0.29, 0.717) is 17.8 Å². The van der Waals surface area contributed by atoms with Gasteiger partial charge in [0.15, 0.2) is 0 Å². The summed E-state index contributed by atoms with van der Waals surface area (Å²) in [4.78, 5) is 15.7. The zero-order chi connectivity index (χ0) is 16.1. The highest BCUT2D eigenvalue weighted by molar-refractivity contribution is 5.47. The van der Waals surface area contributed by atoms with Crippen molar-refractivity contribution in [2.75, 3.05) is 25.0 Å². The molecule has 0 radical (unpaired) electrons. The van der Waals surface area contributed by atoms with Crippen LogP contribution in [0.4, 0.5) is 11.8 Å². The van der Waals surface area contributed by atoms with Crippen LogP contribution in [0.25, 0.3) is 0 Å². The van der Waals surface area contributed by atoms with Crippen LogP contribution >= 0.6 is 0 Å². The first-order valence-electron chi connectivity index (χ1n) is 8.44. The molecule has 1 N–H and O–H groups in total. The van der Waals surface area contributed by atoms with Crippen molar-refractivity contribution < 1.29 is 0 Å². The molecule has 5 nitrogen and oxygen atoms in total. The molecule has 2 aromatic heterocycles. The second-order valence-corrected chi connectivity index (χ2v) is 6.64. The molecule has 1 saturated heterocycles. The third-order valence-electron chi connectivity index (χ3n) is 4.12. The smallest absolute Gasteiger partial charge is 0.228 e. The molecule has 5 heteroatoms. The zero-order valence-electron chi connectivity index (χ0n) is 13.9. The van der Waals surface area contributed by atoms with E-state index in [0.717, 1.165) is 12.4 Å². The normalized spacial score (nSPS) is 19.0. The average molecular weight is 311 g/mol. The Bertz CT molecular complexity index is 614. The van der Waals surface area contributed by atoms with Crippen LogP contribution in [0.5, 0.6) is 0 Å². The third kappa shape index (κ3) is 4.48. The van der Waals surface area contributed by atoms with Crippen LogP contribution in [0, 0.1) is 5.92 Å². The maximum atomic E-state index is 4.79. The van der Waals surface area contributed by atoms with E-state index in [2.05, 4.69) is 46.2 Å². The van der Waals surface area contributed by atoms with Crippen LogP contribution in [0.1, 0.15) is 38.3 Å². The van der Waals surface area contributed by atoms with Crippen molar-refractivity contribution in [1.82, 2.24) is 19.9 Å². The summed E-state index contributed by atoms with van der Waals surface area (Å²) >= 11 is 0. The molecule has 1 fully saturated rings. The maximum absolute atomic E-state index is 4.79. The standard InChI is InChI=1S/C18H25N5/c1-14(2)12-23-11-4-6-15(13-23)16-7-3-8-17(21-16)22-18-19-9-5-10-20-18/h3,5,7-10,14-15H,4,6,11-13H2,1-2H3,(H,19,20,21,22). The van der Waals surface area contributed by atoms with Crippen LogP contribution in [0.15, 0.2) is 36.7 Å². The predicted molar refractivity (Wildman–Crippen MR) is 92.8 cm³/mol. The lowest BCUT2D eigenvalue weighted by Gasteiger charge is -2.33. The molecule has 0 saturated carbocycles. The highest BCUT2D eigenvalue weighted by Gasteiger charge is 2.22. The third-order valence-corrected chi connectivity index (χ3v) is 4.12. The lowest BCUT2D eigenvalue weighted by Crippen LogP contribution is -2.37. The SMILES string of the molecule is CC(C)CN1CCCC(c2cccc(Nc3ncccn3)n2)C1. The molecule has 1 aliphatic heterocycles. The zero-order valence-corrected chi connectivity index (χ0v) is 13.9. The minimum atomic E-state index is 0.515. The first-order chi connectivity index (χ1) is 11.2. The Labute approximate surface area is 138 Å². The number of rotatable bonds is 5. The summed E-state index contributed by atoms with van der Waals surface area (Å²) < 4.78 is 0. The topological polar surface area (TPSA) is 53.9 Å². The van der Waals surface area contributed by atoms with Crippen molar-refractivity contribution in [3.05, 3.63) is 42.4 Å². The molecule has 23 heavy (non-hydrogen) atoms. The Kier molecular flexibility index (Phi) is 5.18. The van der Waals surface area contributed by atoms with Gasteiger partial charge in [0.05, 0.1) is 0 Å². The first-order valence-corrected chi connectivity index (χ1v) is 8.44. The largest absolute Gasteiger partial charge is 0.309 e. The molecule has 0 amide bonds. The molecule has 3 rings (SSSR count). The van der Waals surface area contributed by atoms with Crippen molar-refractivity contribution in [2.45, 2.75) is 32.6 Å².